The predicted molar refractivity (Wildman–Crippen MR) is 90.8 cm³/mol. The Labute approximate surface area is 149 Å². The molecule has 0 saturated carbocycles. The van der Waals surface area contributed by atoms with Crippen LogP contribution in [0.3, 0.4) is 0 Å². The van der Waals surface area contributed by atoms with Crippen LogP contribution in [0, 0.1) is 0 Å². The molecule has 0 radical (unpaired) electrons. The lowest BCUT2D eigenvalue weighted by Gasteiger charge is -2.20. The van der Waals surface area contributed by atoms with Gasteiger partial charge in [-0.3, -0.25) is 0 Å². The maximum atomic E-state index is 12.2. The number of carbonyl (C=O) groups is 2. The van der Waals surface area contributed by atoms with Gasteiger partial charge in [0.25, 0.3) is 0 Å². The lowest BCUT2D eigenvalue weighted by atomic mass is 10.2. The van der Waals surface area contributed by atoms with Crippen molar-refractivity contribution in [3.8, 4) is 5.75 Å². The van der Waals surface area contributed by atoms with Crippen molar-refractivity contribution < 1.29 is 23.8 Å². The molecule has 1 heterocycles. The highest BCUT2D eigenvalue weighted by Gasteiger charge is 2.28. The van der Waals surface area contributed by atoms with Gasteiger partial charge in [-0.2, -0.15) is 0 Å². The fourth-order valence-electron chi connectivity index (χ4n) is 1.46. The maximum absolute atomic E-state index is 12.2. The van der Waals surface area contributed by atoms with Crippen molar-refractivity contribution in [2.45, 2.75) is 52.7 Å². The summed E-state index contributed by atoms with van der Waals surface area (Å²) in [5.74, 6) is -1.16. The quantitative estimate of drug-likeness (QED) is 0.704. The molecule has 0 aromatic carbocycles. The maximum Gasteiger partial charge on any atom is 0.352 e. The topological polar surface area (TPSA) is 61.8 Å². The van der Waals surface area contributed by atoms with Crippen molar-refractivity contribution in [2.75, 3.05) is 6.61 Å². The highest BCUT2D eigenvalue weighted by molar-refractivity contribution is 7.19. The Morgan fingerprint density at radius 1 is 1.00 bits per heavy atom. The molecular formula is C15H20Cl2O5S. The van der Waals surface area contributed by atoms with Gasteiger partial charge in [-0.25, -0.2) is 9.59 Å². The van der Waals surface area contributed by atoms with Crippen LogP contribution in [0.15, 0.2) is 0 Å². The molecule has 0 saturated heterocycles. The highest BCUT2D eigenvalue weighted by Crippen LogP contribution is 2.43. The summed E-state index contributed by atoms with van der Waals surface area (Å²) in [5, 5.41) is 0.0704. The molecular weight excluding hydrogens is 363 g/mol. The number of rotatable bonds is 4. The molecule has 0 N–H and O–H groups in total. The monoisotopic (exact) mass is 382 g/mol. The first-order valence-corrected chi connectivity index (χ1v) is 8.43. The van der Waals surface area contributed by atoms with Crippen molar-refractivity contribution in [3.63, 3.8) is 0 Å². The minimum absolute atomic E-state index is 0.0294. The van der Waals surface area contributed by atoms with Crippen LogP contribution < -0.4 is 4.74 Å². The second-order valence-electron chi connectivity index (χ2n) is 6.73. The van der Waals surface area contributed by atoms with E-state index in [0.717, 1.165) is 11.3 Å². The van der Waals surface area contributed by atoms with Gasteiger partial charge in [0.15, 0.2) is 17.2 Å². The molecule has 0 atom stereocenters. The van der Waals surface area contributed by atoms with Crippen molar-refractivity contribution in [1.82, 2.24) is 0 Å². The summed E-state index contributed by atoms with van der Waals surface area (Å²) in [7, 11) is 0. The minimum atomic E-state index is -0.678. The number of carbonyl (C=O) groups excluding carboxylic acids is 2. The van der Waals surface area contributed by atoms with E-state index in [1.807, 2.05) is 0 Å². The molecule has 0 aliphatic carbocycles. The average Bonchev–Trinajstić information content (AvgIpc) is 2.59. The molecule has 1 rings (SSSR count). The number of hydrogen-bond donors (Lipinski definition) is 0. The summed E-state index contributed by atoms with van der Waals surface area (Å²) in [5.41, 5.74) is -1.31. The van der Waals surface area contributed by atoms with Gasteiger partial charge in [0.05, 0.1) is 0 Å². The molecule has 1 aromatic rings. The summed E-state index contributed by atoms with van der Waals surface area (Å²) in [6, 6.07) is 0. The zero-order chi connectivity index (χ0) is 18.0. The van der Waals surface area contributed by atoms with Crippen molar-refractivity contribution in [2.24, 2.45) is 0 Å². The molecule has 0 fully saturated rings. The van der Waals surface area contributed by atoms with Crippen LogP contribution >= 0.6 is 34.5 Å². The number of ether oxygens (including phenoxy) is 3. The van der Waals surface area contributed by atoms with Gasteiger partial charge < -0.3 is 14.2 Å². The largest absolute Gasteiger partial charge is 0.478 e. The van der Waals surface area contributed by atoms with Crippen LogP contribution in [0.1, 0.15) is 51.2 Å². The zero-order valence-electron chi connectivity index (χ0n) is 13.9. The summed E-state index contributed by atoms with van der Waals surface area (Å²) in [6.45, 7) is 10.1. The fraction of sp³-hybridized carbons (Fsp3) is 0.600. The average molecular weight is 383 g/mol. The molecule has 0 amide bonds. The number of esters is 2. The second kappa shape index (κ2) is 7.28. The summed E-state index contributed by atoms with van der Waals surface area (Å²) < 4.78 is 15.9. The van der Waals surface area contributed by atoms with E-state index in [1.165, 1.54) is 0 Å². The Hall–Kier alpha value is -0.980. The molecule has 1 aromatic heterocycles. The van der Waals surface area contributed by atoms with Gasteiger partial charge in [0, 0.05) is 0 Å². The van der Waals surface area contributed by atoms with Crippen molar-refractivity contribution in [3.05, 3.63) is 14.2 Å². The van der Waals surface area contributed by atoms with Gasteiger partial charge in [-0.05, 0) is 41.5 Å². The normalized spacial score (nSPS) is 12.0. The SMILES string of the molecule is CC(C)(C)OC(=O)COc1c(C(=O)OC(C)(C)C)sc(Cl)c1Cl. The molecule has 8 heteroatoms. The first-order chi connectivity index (χ1) is 10.3. The van der Waals surface area contributed by atoms with E-state index in [2.05, 4.69) is 0 Å². The van der Waals surface area contributed by atoms with Crippen LogP contribution in [0.5, 0.6) is 5.75 Å². The smallest absolute Gasteiger partial charge is 0.352 e. The van der Waals surface area contributed by atoms with Crippen LogP contribution in [-0.2, 0) is 14.3 Å². The van der Waals surface area contributed by atoms with E-state index in [1.54, 1.807) is 41.5 Å². The molecule has 130 valence electrons. The summed E-state index contributed by atoms with van der Waals surface area (Å²) in [6.07, 6.45) is 0. The predicted octanol–water partition coefficient (Wildman–Crippen LogP) is 4.73. The Morgan fingerprint density at radius 3 is 2.00 bits per heavy atom. The van der Waals surface area contributed by atoms with Crippen molar-refractivity contribution in [1.29, 1.82) is 0 Å². The number of hydrogen-bond acceptors (Lipinski definition) is 6. The van der Waals surface area contributed by atoms with Gasteiger partial charge in [-0.1, -0.05) is 23.2 Å². The van der Waals surface area contributed by atoms with Crippen molar-refractivity contribution >= 4 is 46.5 Å². The Morgan fingerprint density at radius 2 is 1.52 bits per heavy atom. The third kappa shape index (κ3) is 6.57. The third-order valence-electron chi connectivity index (χ3n) is 2.11. The van der Waals surface area contributed by atoms with Gasteiger partial charge in [0.1, 0.15) is 20.6 Å². The van der Waals surface area contributed by atoms with E-state index in [-0.39, 0.29) is 26.6 Å². The Kier molecular flexibility index (Phi) is 6.35. The molecule has 0 bridgehead atoms. The van der Waals surface area contributed by atoms with Crippen LogP contribution in [-0.4, -0.2) is 29.7 Å². The van der Waals surface area contributed by atoms with E-state index < -0.39 is 23.1 Å². The Balaban J connectivity index is 2.90. The number of thiophene rings is 1. The fourth-order valence-corrected chi connectivity index (χ4v) is 2.84. The molecule has 0 aliphatic heterocycles. The Bertz CT molecular complexity index is 596. The lowest BCUT2D eigenvalue weighted by molar-refractivity contribution is -0.157. The van der Waals surface area contributed by atoms with E-state index in [0.29, 0.717) is 0 Å². The van der Waals surface area contributed by atoms with E-state index in [4.69, 9.17) is 37.4 Å². The van der Waals surface area contributed by atoms with E-state index in [9.17, 15) is 9.59 Å². The lowest BCUT2D eigenvalue weighted by Crippen LogP contribution is -2.28. The standard InChI is InChI=1S/C15H20Cl2O5S/c1-14(2,3)21-8(18)7-20-10-9(16)12(17)23-11(10)13(19)22-15(4,5)6/h7H2,1-6H3. The molecule has 5 nitrogen and oxygen atoms in total. The van der Waals surface area contributed by atoms with Crippen LogP contribution in [0.4, 0.5) is 0 Å². The third-order valence-corrected chi connectivity index (χ3v) is 4.04. The summed E-state index contributed by atoms with van der Waals surface area (Å²) in [4.78, 5) is 24.0. The minimum Gasteiger partial charge on any atom is -0.478 e. The van der Waals surface area contributed by atoms with Gasteiger partial charge in [0.2, 0.25) is 0 Å². The first-order valence-electron chi connectivity index (χ1n) is 6.86. The van der Waals surface area contributed by atoms with Crippen LogP contribution in [0.2, 0.25) is 9.36 Å². The zero-order valence-corrected chi connectivity index (χ0v) is 16.2. The summed E-state index contributed by atoms with van der Waals surface area (Å²) >= 11 is 12.9. The van der Waals surface area contributed by atoms with Gasteiger partial charge >= 0.3 is 11.9 Å². The van der Waals surface area contributed by atoms with Gasteiger partial charge in [-0.15, -0.1) is 11.3 Å². The molecule has 0 spiro atoms. The van der Waals surface area contributed by atoms with E-state index >= 15 is 0 Å². The molecule has 23 heavy (non-hydrogen) atoms. The molecule has 0 unspecified atom stereocenters. The first kappa shape index (κ1) is 20.1. The molecule has 0 aliphatic rings. The number of halogens is 2. The highest BCUT2D eigenvalue weighted by atomic mass is 35.5. The second-order valence-corrected chi connectivity index (χ2v) is 8.73. The van der Waals surface area contributed by atoms with Crippen LogP contribution in [0.25, 0.3) is 0 Å².